The van der Waals surface area contributed by atoms with Crippen molar-refractivity contribution in [2.45, 2.75) is 24.6 Å². The highest BCUT2D eigenvalue weighted by molar-refractivity contribution is 8.00. The van der Waals surface area contributed by atoms with Crippen molar-refractivity contribution in [2.24, 2.45) is 0 Å². The first kappa shape index (κ1) is 13.1. The number of benzene rings is 1. The Morgan fingerprint density at radius 3 is 2.38 bits per heavy atom. The number of rotatable bonds is 4. The molecule has 0 radical (unpaired) electrons. The Bertz CT molecular complexity index is 346. The number of hydrogen-bond acceptors (Lipinski definition) is 2. The van der Waals surface area contributed by atoms with Gasteiger partial charge in [-0.3, -0.25) is 4.79 Å². The van der Waals surface area contributed by atoms with Gasteiger partial charge in [0.05, 0.1) is 0 Å². The van der Waals surface area contributed by atoms with Crippen molar-refractivity contribution < 1.29 is 10.5 Å². The van der Waals surface area contributed by atoms with Crippen LogP contribution in [0.15, 0.2) is 30.3 Å². The second-order valence-electron chi connectivity index (χ2n) is 4.46. The monoisotopic (exact) mass is 239 g/mol. The van der Waals surface area contributed by atoms with E-state index in [-0.39, 0.29) is 16.7 Å². The fraction of sp³-hybridized carbons (Fsp3) is 0.417. The van der Waals surface area contributed by atoms with Crippen LogP contribution in [-0.4, -0.2) is 23.0 Å². The van der Waals surface area contributed by atoms with Gasteiger partial charge < -0.3 is 11.1 Å². The third-order valence-electron chi connectivity index (χ3n) is 2.22. The second-order valence-corrected chi connectivity index (χ2v) is 5.40. The van der Waals surface area contributed by atoms with Crippen molar-refractivity contribution in [3.05, 3.63) is 30.3 Å². The molecular weight excluding hydrogens is 220 g/mol. The first-order valence-electron chi connectivity index (χ1n) is 5.19. The Hall–Kier alpha value is -1.00. The van der Waals surface area contributed by atoms with Crippen molar-refractivity contribution in [1.82, 2.24) is 0 Å². The molecule has 1 rings (SSSR count). The summed E-state index contributed by atoms with van der Waals surface area (Å²) in [4.78, 5) is 12.0. The van der Waals surface area contributed by atoms with Gasteiger partial charge in [0.25, 0.3) is 0 Å². The molecule has 4 heteroatoms. The molecule has 1 aromatic carbocycles. The van der Waals surface area contributed by atoms with E-state index >= 15 is 0 Å². The zero-order valence-corrected chi connectivity index (χ0v) is 10.8. The molecule has 0 fully saturated rings. The number of amides is 1. The van der Waals surface area contributed by atoms with E-state index < -0.39 is 0 Å². The van der Waals surface area contributed by atoms with Crippen LogP contribution in [0.25, 0.3) is 0 Å². The standard InChI is InChI=1S/C12H18N2OS/c1-12(2,13)10(16-3)11(15)14-9-7-5-4-6-8-9/h4-8,10H,13H2,1-3H3,(H,14,15)/p+1. The Kier molecular flexibility index (Phi) is 4.38. The fourth-order valence-corrected chi connectivity index (χ4v) is 2.42. The van der Waals surface area contributed by atoms with E-state index in [1.165, 1.54) is 11.8 Å². The third kappa shape index (κ3) is 3.54. The van der Waals surface area contributed by atoms with E-state index in [1.807, 2.05) is 50.4 Å². The highest BCUT2D eigenvalue weighted by Gasteiger charge is 2.34. The first-order chi connectivity index (χ1) is 7.45. The maximum absolute atomic E-state index is 12.0. The van der Waals surface area contributed by atoms with Gasteiger partial charge in [0.2, 0.25) is 5.91 Å². The number of anilines is 1. The Morgan fingerprint density at radius 1 is 1.38 bits per heavy atom. The van der Waals surface area contributed by atoms with Gasteiger partial charge in [0, 0.05) is 5.69 Å². The van der Waals surface area contributed by atoms with Crippen LogP contribution in [0.1, 0.15) is 13.8 Å². The lowest BCUT2D eigenvalue weighted by atomic mass is 10.0. The summed E-state index contributed by atoms with van der Waals surface area (Å²) < 4.78 is 0. The second kappa shape index (κ2) is 5.37. The highest BCUT2D eigenvalue weighted by atomic mass is 32.2. The Labute approximate surface area is 101 Å². The Balaban J connectivity index is 2.71. The molecule has 0 saturated heterocycles. The van der Waals surface area contributed by atoms with Gasteiger partial charge >= 0.3 is 0 Å². The maximum atomic E-state index is 12.0. The molecule has 1 atom stereocenters. The molecule has 1 aromatic rings. The number of quaternary nitrogens is 1. The summed E-state index contributed by atoms with van der Waals surface area (Å²) in [7, 11) is 0. The topological polar surface area (TPSA) is 56.7 Å². The van der Waals surface area contributed by atoms with Crippen molar-refractivity contribution in [3.63, 3.8) is 0 Å². The number of hydrogen-bond donors (Lipinski definition) is 2. The van der Waals surface area contributed by atoms with Crippen LogP contribution in [0, 0.1) is 0 Å². The van der Waals surface area contributed by atoms with E-state index in [0.717, 1.165) is 5.69 Å². The lowest BCUT2D eigenvalue weighted by molar-refractivity contribution is -0.461. The lowest BCUT2D eigenvalue weighted by Crippen LogP contribution is -2.75. The maximum Gasteiger partial charge on any atom is 0.243 e. The summed E-state index contributed by atoms with van der Waals surface area (Å²) in [6.45, 7) is 3.94. The molecule has 88 valence electrons. The molecule has 3 nitrogen and oxygen atoms in total. The van der Waals surface area contributed by atoms with Crippen LogP contribution in [0.5, 0.6) is 0 Å². The zero-order chi connectivity index (χ0) is 12.2. The van der Waals surface area contributed by atoms with Crippen LogP contribution >= 0.6 is 11.8 Å². The van der Waals surface area contributed by atoms with Crippen LogP contribution < -0.4 is 11.1 Å². The van der Waals surface area contributed by atoms with E-state index in [2.05, 4.69) is 11.1 Å². The highest BCUT2D eigenvalue weighted by Crippen LogP contribution is 2.19. The van der Waals surface area contributed by atoms with Crippen molar-refractivity contribution in [1.29, 1.82) is 0 Å². The predicted octanol–water partition coefficient (Wildman–Crippen LogP) is 1.38. The van der Waals surface area contributed by atoms with Crippen molar-refractivity contribution in [3.8, 4) is 0 Å². The molecule has 0 heterocycles. The first-order valence-corrected chi connectivity index (χ1v) is 6.48. The van der Waals surface area contributed by atoms with Gasteiger partial charge in [-0.2, -0.15) is 0 Å². The number of carbonyl (C=O) groups excluding carboxylic acids is 1. The van der Waals surface area contributed by atoms with Gasteiger partial charge in [0.15, 0.2) is 0 Å². The minimum Gasteiger partial charge on any atom is -0.352 e. The summed E-state index contributed by atoms with van der Waals surface area (Å²) in [6, 6.07) is 9.49. The molecule has 0 saturated carbocycles. The van der Waals surface area contributed by atoms with Crippen LogP contribution in [0.4, 0.5) is 5.69 Å². The quantitative estimate of drug-likeness (QED) is 0.834. The van der Waals surface area contributed by atoms with Gasteiger partial charge in [0.1, 0.15) is 10.8 Å². The molecule has 0 aromatic heterocycles. The fourth-order valence-electron chi connectivity index (χ4n) is 1.51. The molecule has 1 amide bonds. The average molecular weight is 239 g/mol. The number of carbonyl (C=O) groups is 1. The average Bonchev–Trinajstić information content (AvgIpc) is 2.17. The zero-order valence-electron chi connectivity index (χ0n) is 9.99. The van der Waals surface area contributed by atoms with Gasteiger partial charge in [-0.05, 0) is 32.2 Å². The number of thioether (sulfide) groups is 1. The van der Waals surface area contributed by atoms with Crippen LogP contribution in [0.3, 0.4) is 0 Å². The summed E-state index contributed by atoms with van der Waals surface area (Å²) in [5, 5.41) is 2.75. The minimum atomic E-state index is -0.279. The van der Waals surface area contributed by atoms with Gasteiger partial charge in [-0.1, -0.05) is 18.2 Å². The number of para-hydroxylation sites is 1. The largest absolute Gasteiger partial charge is 0.352 e. The number of nitrogens with one attached hydrogen (secondary N) is 1. The molecular formula is C12H19N2OS+. The summed E-state index contributed by atoms with van der Waals surface area (Å²) in [6.07, 6.45) is 1.93. The molecule has 0 aliphatic rings. The molecule has 0 aliphatic carbocycles. The van der Waals surface area contributed by atoms with Crippen molar-refractivity contribution in [2.75, 3.05) is 11.6 Å². The normalized spacial score (nSPS) is 13.2. The molecule has 0 spiro atoms. The molecule has 0 aliphatic heterocycles. The molecule has 16 heavy (non-hydrogen) atoms. The van der Waals surface area contributed by atoms with E-state index in [0.29, 0.717) is 0 Å². The SMILES string of the molecule is CSC(C(=O)Nc1ccccc1)C(C)(C)[NH3+]. The van der Waals surface area contributed by atoms with Crippen LogP contribution in [0.2, 0.25) is 0 Å². The summed E-state index contributed by atoms with van der Waals surface area (Å²) >= 11 is 1.53. The summed E-state index contributed by atoms with van der Waals surface area (Å²) in [5.41, 5.74) is 4.57. The van der Waals surface area contributed by atoms with E-state index in [9.17, 15) is 4.79 Å². The van der Waals surface area contributed by atoms with Crippen LogP contribution in [-0.2, 0) is 4.79 Å². The van der Waals surface area contributed by atoms with Gasteiger partial charge in [-0.15, -0.1) is 11.8 Å². The summed E-state index contributed by atoms with van der Waals surface area (Å²) in [5.74, 6) is 0.0127. The predicted molar refractivity (Wildman–Crippen MR) is 69.3 cm³/mol. The van der Waals surface area contributed by atoms with E-state index in [4.69, 9.17) is 0 Å². The van der Waals surface area contributed by atoms with Gasteiger partial charge in [-0.25, -0.2) is 0 Å². The molecule has 4 N–H and O–H groups in total. The van der Waals surface area contributed by atoms with E-state index in [1.54, 1.807) is 0 Å². The lowest BCUT2D eigenvalue weighted by Gasteiger charge is -2.24. The molecule has 1 unspecified atom stereocenters. The smallest absolute Gasteiger partial charge is 0.243 e. The third-order valence-corrected chi connectivity index (χ3v) is 3.55. The van der Waals surface area contributed by atoms with Crippen molar-refractivity contribution >= 4 is 23.4 Å². The minimum absolute atomic E-state index is 0.0127. The Morgan fingerprint density at radius 2 is 1.94 bits per heavy atom. The molecule has 0 bridgehead atoms.